The van der Waals surface area contributed by atoms with E-state index in [9.17, 15) is 4.79 Å². The van der Waals surface area contributed by atoms with Crippen LogP contribution in [-0.2, 0) is 17.9 Å². The number of amides is 1. The molecule has 1 saturated heterocycles. The third kappa shape index (κ3) is 7.79. The SMILES string of the molecule is CN=C(NCCCCC1CCCC1)NCc1ccccc1CN1CCCC1=O.I. The first-order valence-electron chi connectivity index (χ1n) is 11.1. The Morgan fingerprint density at radius 3 is 2.55 bits per heavy atom. The van der Waals surface area contributed by atoms with Crippen LogP contribution in [0.1, 0.15) is 68.9 Å². The lowest BCUT2D eigenvalue weighted by Crippen LogP contribution is -2.37. The van der Waals surface area contributed by atoms with Crippen LogP contribution in [0.2, 0.25) is 0 Å². The lowest BCUT2D eigenvalue weighted by atomic mass is 10.0. The molecule has 1 aromatic carbocycles. The smallest absolute Gasteiger partial charge is 0.222 e. The Labute approximate surface area is 193 Å². The van der Waals surface area contributed by atoms with Gasteiger partial charge in [-0.15, -0.1) is 24.0 Å². The lowest BCUT2D eigenvalue weighted by molar-refractivity contribution is -0.128. The van der Waals surface area contributed by atoms with E-state index < -0.39 is 0 Å². The fourth-order valence-corrected chi connectivity index (χ4v) is 4.42. The van der Waals surface area contributed by atoms with Crippen molar-refractivity contribution in [2.45, 2.75) is 70.9 Å². The summed E-state index contributed by atoms with van der Waals surface area (Å²) < 4.78 is 0. The minimum atomic E-state index is 0. The van der Waals surface area contributed by atoms with Gasteiger partial charge in [0.1, 0.15) is 0 Å². The molecule has 0 bridgehead atoms. The molecule has 0 spiro atoms. The fraction of sp³-hybridized carbons (Fsp3) is 0.652. The van der Waals surface area contributed by atoms with E-state index in [-0.39, 0.29) is 29.9 Å². The van der Waals surface area contributed by atoms with Gasteiger partial charge in [-0.3, -0.25) is 9.79 Å². The average molecular weight is 512 g/mol. The molecule has 29 heavy (non-hydrogen) atoms. The molecule has 1 heterocycles. The Balaban J connectivity index is 0.00000300. The Bertz CT molecular complexity index is 658. The molecule has 3 rings (SSSR count). The van der Waals surface area contributed by atoms with E-state index in [2.05, 4.69) is 39.9 Å². The number of likely N-dealkylation sites (tertiary alicyclic amines) is 1. The number of guanidine groups is 1. The Hall–Kier alpha value is -1.31. The average Bonchev–Trinajstić information content (AvgIpc) is 3.37. The summed E-state index contributed by atoms with van der Waals surface area (Å²) in [6.45, 7) is 3.28. The first-order valence-corrected chi connectivity index (χ1v) is 11.1. The monoisotopic (exact) mass is 512 g/mol. The van der Waals surface area contributed by atoms with Gasteiger partial charge in [-0.1, -0.05) is 62.8 Å². The molecule has 0 atom stereocenters. The zero-order chi connectivity index (χ0) is 19.6. The number of halogens is 1. The first-order chi connectivity index (χ1) is 13.8. The number of nitrogens with zero attached hydrogens (tertiary/aromatic N) is 2. The summed E-state index contributed by atoms with van der Waals surface area (Å²) in [6, 6.07) is 8.38. The van der Waals surface area contributed by atoms with E-state index in [1.165, 1.54) is 56.1 Å². The van der Waals surface area contributed by atoms with Crippen LogP contribution < -0.4 is 10.6 Å². The highest BCUT2D eigenvalue weighted by Gasteiger charge is 2.20. The minimum absolute atomic E-state index is 0. The van der Waals surface area contributed by atoms with Crippen LogP contribution in [0.15, 0.2) is 29.3 Å². The number of carbonyl (C=O) groups excluding carboxylic acids is 1. The zero-order valence-electron chi connectivity index (χ0n) is 17.8. The van der Waals surface area contributed by atoms with Crippen molar-refractivity contribution >= 4 is 35.8 Å². The van der Waals surface area contributed by atoms with Crippen molar-refractivity contribution in [3.05, 3.63) is 35.4 Å². The standard InChI is InChI=1S/C23H36N4O.HI/c1-24-23(25-15-7-6-11-19-9-2-3-10-19)26-17-20-12-4-5-13-21(20)18-27-16-8-14-22(27)28;/h4-5,12-13,19H,2-3,6-11,14-18H2,1H3,(H2,24,25,26);1H. The molecular weight excluding hydrogens is 475 g/mol. The molecular formula is C23H37IN4O. The van der Waals surface area contributed by atoms with Crippen molar-refractivity contribution in [1.29, 1.82) is 0 Å². The number of benzene rings is 1. The quantitative estimate of drug-likeness (QED) is 0.223. The largest absolute Gasteiger partial charge is 0.356 e. The van der Waals surface area contributed by atoms with Gasteiger partial charge in [-0.2, -0.15) is 0 Å². The van der Waals surface area contributed by atoms with Crippen molar-refractivity contribution in [3.63, 3.8) is 0 Å². The fourth-order valence-electron chi connectivity index (χ4n) is 4.42. The second-order valence-corrected chi connectivity index (χ2v) is 8.19. The molecule has 0 aromatic heterocycles. The molecule has 162 valence electrons. The van der Waals surface area contributed by atoms with Gasteiger partial charge < -0.3 is 15.5 Å². The summed E-state index contributed by atoms with van der Waals surface area (Å²) in [5.74, 6) is 2.11. The maximum atomic E-state index is 11.9. The number of unbranched alkanes of at least 4 members (excludes halogenated alkanes) is 1. The Morgan fingerprint density at radius 1 is 1.10 bits per heavy atom. The summed E-state index contributed by atoms with van der Waals surface area (Å²) in [7, 11) is 1.82. The molecule has 1 saturated carbocycles. The third-order valence-electron chi connectivity index (χ3n) is 6.13. The van der Waals surface area contributed by atoms with Gasteiger partial charge in [0, 0.05) is 39.6 Å². The van der Waals surface area contributed by atoms with Crippen LogP contribution in [0.25, 0.3) is 0 Å². The van der Waals surface area contributed by atoms with Gasteiger partial charge in [0.05, 0.1) is 0 Å². The molecule has 2 N–H and O–H groups in total. The van der Waals surface area contributed by atoms with Crippen molar-refractivity contribution in [3.8, 4) is 0 Å². The summed E-state index contributed by atoms with van der Waals surface area (Å²) in [4.78, 5) is 18.3. The van der Waals surface area contributed by atoms with Crippen LogP contribution in [0.5, 0.6) is 0 Å². The molecule has 6 heteroatoms. The molecule has 1 amide bonds. The van der Waals surface area contributed by atoms with Gasteiger partial charge in [-0.25, -0.2) is 0 Å². The highest BCUT2D eigenvalue weighted by molar-refractivity contribution is 14.0. The predicted molar refractivity (Wildman–Crippen MR) is 131 cm³/mol. The maximum absolute atomic E-state index is 11.9. The highest BCUT2D eigenvalue weighted by atomic mass is 127. The normalized spacial score (nSPS) is 17.5. The van der Waals surface area contributed by atoms with Crippen LogP contribution in [-0.4, -0.2) is 36.9 Å². The van der Waals surface area contributed by atoms with Gasteiger partial charge in [0.25, 0.3) is 0 Å². The number of nitrogens with one attached hydrogen (secondary N) is 2. The molecule has 0 radical (unpaired) electrons. The van der Waals surface area contributed by atoms with E-state index in [4.69, 9.17) is 0 Å². The second kappa shape index (κ2) is 13.1. The minimum Gasteiger partial charge on any atom is -0.356 e. The molecule has 1 aliphatic heterocycles. The summed E-state index contributed by atoms with van der Waals surface area (Å²) in [5, 5.41) is 6.87. The summed E-state index contributed by atoms with van der Waals surface area (Å²) in [6.07, 6.45) is 11.3. The Morgan fingerprint density at radius 2 is 1.86 bits per heavy atom. The first kappa shape index (κ1) is 24.0. The number of hydrogen-bond donors (Lipinski definition) is 2. The number of hydrogen-bond acceptors (Lipinski definition) is 2. The molecule has 1 aliphatic carbocycles. The molecule has 2 fully saturated rings. The van der Waals surface area contributed by atoms with Crippen molar-refractivity contribution in [2.24, 2.45) is 10.9 Å². The van der Waals surface area contributed by atoms with Gasteiger partial charge >= 0.3 is 0 Å². The lowest BCUT2D eigenvalue weighted by Gasteiger charge is -2.19. The van der Waals surface area contributed by atoms with Crippen LogP contribution in [0.4, 0.5) is 0 Å². The van der Waals surface area contributed by atoms with E-state index in [1.54, 1.807) is 0 Å². The number of carbonyl (C=O) groups is 1. The third-order valence-corrected chi connectivity index (χ3v) is 6.13. The topological polar surface area (TPSA) is 56.7 Å². The predicted octanol–water partition coefficient (Wildman–Crippen LogP) is 4.45. The van der Waals surface area contributed by atoms with Crippen LogP contribution in [0, 0.1) is 5.92 Å². The Kier molecular flexibility index (Phi) is 10.8. The molecule has 2 aliphatic rings. The second-order valence-electron chi connectivity index (χ2n) is 8.19. The van der Waals surface area contributed by atoms with Crippen molar-refractivity contribution < 1.29 is 4.79 Å². The van der Waals surface area contributed by atoms with Crippen LogP contribution >= 0.6 is 24.0 Å². The van der Waals surface area contributed by atoms with E-state index in [1.807, 2.05) is 11.9 Å². The van der Waals surface area contributed by atoms with E-state index in [0.29, 0.717) is 13.0 Å². The van der Waals surface area contributed by atoms with Crippen LogP contribution in [0.3, 0.4) is 0 Å². The van der Waals surface area contributed by atoms with Gasteiger partial charge in [0.2, 0.25) is 5.91 Å². The van der Waals surface area contributed by atoms with Crippen molar-refractivity contribution in [2.75, 3.05) is 20.1 Å². The van der Waals surface area contributed by atoms with E-state index in [0.717, 1.165) is 37.9 Å². The highest BCUT2D eigenvalue weighted by Crippen LogP contribution is 2.28. The van der Waals surface area contributed by atoms with Gasteiger partial charge in [-0.05, 0) is 29.9 Å². The molecule has 0 unspecified atom stereocenters. The summed E-state index contributed by atoms with van der Waals surface area (Å²) >= 11 is 0. The molecule has 1 aromatic rings. The van der Waals surface area contributed by atoms with Crippen molar-refractivity contribution in [1.82, 2.24) is 15.5 Å². The zero-order valence-corrected chi connectivity index (χ0v) is 20.1. The van der Waals surface area contributed by atoms with E-state index >= 15 is 0 Å². The van der Waals surface area contributed by atoms with Gasteiger partial charge in [0.15, 0.2) is 5.96 Å². The number of rotatable bonds is 9. The molecule has 5 nitrogen and oxygen atoms in total. The maximum Gasteiger partial charge on any atom is 0.222 e. The number of aliphatic imine (C=N–C) groups is 1. The summed E-state index contributed by atoms with van der Waals surface area (Å²) in [5.41, 5.74) is 2.45.